The minimum Gasteiger partial charge on any atom is -0.338 e. The monoisotopic (exact) mass is 418 g/mol. The number of fused-ring (bicyclic) bond motifs is 1. The van der Waals surface area contributed by atoms with Gasteiger partial charge in [-0.2, -0.15) is 9.29 Å². The third-order valence-corrected chi connectivity index (χ3v) is 7.60. The molecule has 0 amide bonds. The van der Waals surface area contributed by atoms with Crippen molar-refractivity contribution in [1.82, 2.24) is 29.3 Å². The van der Waals surface area contributed by atoms with E-state index >= 15 is 0 Å². The number of hydrogen-bond donors (Lipinski definition) is 2. The number of benzene rings is 1. The van der Waals surface area contributed by atoms with Crippen molar-refractivity contribution >= 4 is 21.1 Å². The van der Waals surface area contributed by atoms with Gasteiger partial charge in [-0.1, -0.05) is 5.16 Å². The third-order valence-electron chi connectivity index (χ3n) is 5.70. The summed E-state index contributed by atoms with van der Waals surface area (Å²) in [5.41, 5.74) is 0.701. The summed E-state index contributed by atoms with van der Waals surface area (Å²) in [4.78, 5) is 23.5. The molecule has 1 atom stereocenters. The van der Waals surface area contributed by atoms with Crippen LogP contribution in [0.4, 0.5) is 0 Å². The standard InChI is InChI=1S/C18H22N6O4S/c1-11(17-21-16(22-28-17)12-2-3-12)23-6-8-24(9-7-23)29(26,27)13-4-5-14-15(10-13)20-18(25)19-14/h4-5,10-12H,2-3,6-9H2,1H3,(H2,19,20,25). The SMILES string of the molecule is CC(c1nc(C2CC2)no1)N1CCN(S(=O)(=O)c2ccc3[nH]c(=O)[nH]c3c2)CC1. The minimum absolute atomic E-state index is 0.0545. The van der Waals surface area contributed by atoms with Gasteiger partial charge < -0.3 is 14.5 Å². The number of nitrogens with one attached hydrogen (secondary N) is 2. The molecule has 2 fully saturated rings. The molecule has 1 saturated carbocycles. The molecule has 29 heavy (non-hydrogen) atoms. The van der Waals surface area contributed by atoms with Crippen LogP contribution < -0.4 is 5.69 Å². The molecule has 1 aliphatic carbocycles. The van der Waals surface area contributed by atoms with Gasteiger partial charge in [-0.05, 0) is 38.0 Å². The number of aromatic nitrogens is 4. The summed E-state index contributed by atoms with van der Waals surface area (Å²) in [6.07, 6.45) is 2.23. The highest BCUT2D eigenvalue weighted by Gasteiger charge is 2.34. The second kappa shape index (κ2) is 6.78. The Kier molecular flexibility index (Phi) is 4.33. The van der Waals surface area contributed by atoms with Gasteiger partial charge in [0.1, 0.15) is 0 Å². The number of sulfonamides is 1. The van der Waals surface area contributed by atoms with Crippen LogP contribution in [-0.2, 0) is 10.0 Å². The maximum atomic E-state index is 13.0. The zero-order valence-electron chi connectivity index (χ0n) is 16.0. The average Bonchev–Trinajstić information content (AvgIpc) is 3.32. The van der Waals surface area contributed by atoms with Crippen LogP contribution in [0.1, 0.15) is 43.4 Å². The van der Waals surface area contributed by atoms with Gasteiger partial charge >= 0.3 is 5.69 Å². The van der Waals surface area contributed by atoms with Crippen molar-refractivity contribution in [3.63, 3.8) is 0 Å². The molecule has 1 saturated heterocycles. The summed E-state index contributed by atoms with van der Waals surface area (Å²) in [7, 11) is -3.64. The van der Waals surface area contributed by atoms with Crippen LogP contribution in [0.5, 0.6) is 0 Å². The lowest BCUT2D eigenvalue weighted by Crippen LogP contribution is -2.49. The second-order valence-electron chi connectivity index (χ2n) is 7.67. The molecule has 2 aliphatic rings. The smallest absolute Gasteiger partial charge is 0.323 e. The molecule has 1 aromatic carbocycles. The highest BCUT2D eigenvalue weighted by molar-refractivity contribution is 7.89. The van der Waals surface area contributed by atoms with Crippen molar-refractivity contribution in [3.8, 4) is 0 Å². The summed E-state index contributed by atoms with van der Waals surface area (Å²) in [6, 6.07) is 4.57. The number of nitrogens with zero attached hydrogens (tertiary/aromatic N) is 4. The maximum absolute atomic E-state index is 13.0. The van der Waals surface area contributed by atoms with Gasteiger partial charge in [-0.25, -0.2) is 13.2 Å². The Morgan fingerprint density at radius 3 is 2.59 bits per heavy atom. The number of piperazine rings is 1. The molecule has 0 radical (unpaired) electrons. The molecule has 154 valence electrons. The molecule has 3 heterocycles. The van der Waals surface area contributed by atoms with Crippen LogP contribution in [-0.4, -0.2) is 63.9 Å². The van der Waals surface area contributed by atoms with E-state index in [0.717, 1.165) is 18.7 Å². The normalized spacial score (nSPS) is 20.3. The van der Waals surface area contributed by atoms with Gasteiger partial charge in [0.15, 0.2) is 5.82 Å². The van der Waals surface area contributed by atoms with Crippen molar-refractivity contribution in [3.05, 3.63) is 40.4 Å². The Morgan fingerprint density at radius 2 is 1.86 bits per heavy atom. The van der Waals surface area contributed by atoms with E-state index < -0.39 is 10.0 Å². The number of hydrogen-bond acceptors (Lipinski definition) is 7. The van der Waals surface area contributed by atoms with Crippen LogP contribution in [0.2, 0.25) is 0 Å². The maximum Gasteiger partial charge on any atom is 0.323 e. The minimum atomic E-state index is -3.64. The first-order chi connectivity index (χ1) is 13.9. The Balaban J connectivity index is 1.28. The first kappa shape index (κ1) is 18.5. The van der Waals surface area contributed by atoms with Crippen molar-refractivity contribution in [2.75, 3.05) is 26.2 Å². The molecule has 5 rings (SSSR count). The molecular weight excluding hydrogens is 396 g/mol. The van der Waals surface area contributed by atoms with Gasteiger partial charge in [-0.3, -0.25) is 4.90 Å². The Hall–Kier alpha value is -2.50. The van der Waals surface area contributed by atoms with E-state index in [4.69, 9.17) is 4.52 Å². The molecule has 0 bridgehead atoms. The molecule has 1 aliphatic heterocycles. The fourth-order valence-electron chi connectivity index (χ4n) is 3.73. The molecule has 1 unspecified atom stereocenters. The molecule has 0 spiro atoms. The van der Waals surface area contributed by atoms with Crippen LogP contribution in [0, 0.1) is 0 Å². The lowest BCUT2D eigenvalue weighted by Gasteiger charge is -2.36. The quantitative estimate of drug-likeness (QED) is 0.637. The summed E-state index contributed by atoms with van der Waals surface area (Å²) >= 11 is 0. The third kappa shape index (κ3) is 3.38. The van der Waals surface area contributed by atoms with E-state index in [-0.39, 0.29) is 16.6 Å². The highest BCUT2D eigenvalue weighted by Crippen LogP contribution is 2.38. The zero-order valence-corrected chi connectivity index (χ0v) is 16.8. The molecule has 10 nitrogen and oxygen atoms in total. The van der Waals surface area contributed by atoms with Crippen LogP contribution >= 0.6 is 0 Å². The Labute approximate surface area is 166 Å². The lowest BCUT2D eigenvalue weighted by atomic mass is 10.2. The summed E-state index contributed by atoms with van der Waals surface area (Å²) in [5, 5.41) is 4.07. The fourth-order valence-corrected chi connectivity index (χ4v) is 5.18. The highest BCUT2D eigenvalue weighted by atomic mass is 32.2. The predicted octanol–water partition coefficient (Wildman–Crippen LogP) is 1.18. The lowest BCUT2D eigenvalue weighted by molar-refractivity contribution is 0.124. The largest absolute Gasteiger partial charge is 0.338 e. The second-order valence-corrected chi connectivity index (χ2v) is 9.61. The van der Waals surface area contributed by atoms with E-state index in [9.17, 15) is 13.2 Å². The van der Waals surface area contributed by atoms with Gasteiger partial charge in [0.25, 0.3) is 0 Å². The number of rotatable bonds is 5. The Morgan fingerprint density at radius 1 is 1.14 bits per heavy atom. The summed E-state index contributed by atoms with van der Waals surface area (Å²) in [5.74, 6) is 1.81. The molecule has 2 N–H and O–H groups in total. The van der Waals surface area contributed by atoms with Crippen LogP contribution in [0.15, 0.2) is 32.4 Å². The Bertz CT molecular complexity index is 1200. The first-order valence-corrected chi connectivity index (χ1v) is 11.2. The average molecular weight is 418 g/mol. The predicted molar refractivity (Wildman–Crippen MR) is 104 cm³/mol. The molecule has 11 heteroatoms. The molecular formula is C18H22N6O4S. The van der Waals surface area contributed by atoms with Gasteiger partial charge in [0.2, 0.25) is 15.9 Å². The molecule has 2 aromatic heterocycles. The topological polar surface area (TPSA) is 128 Å². The van der Waals surface area contributed by atoms with E-state index in [0.29, 0.717) is 49.0 Å². The van der Waals surface area contributed by atoms with E-state index in [2.05, 4.69) is 25.0 Å². The van der Waals surface area contributed by atoms with Gasteiger partial charge in [-0.15, -0.1) is 0 Å². The van der Waals surface area contributed by atoms with Crippen molar-refractivity contribution in [1.29, 1.82) is 0 Å². The number of imidazole rings is 1. The number of H-pyrrole nitrogens is 2. The summed E-state index contributed by atoms with van der Waals surface area (Å²) in [6.45, 7) is 3.90. The van der Waals surface area contributed by atoms with Gasteiger partial charge in [0.05, 0.1) is 22.0 Å². The van der Waals surface area contributed by atoms with E-state index in [1.165, 1.54) is 16.4 Å². The van der Waals surface area contributed by atoms with Crippen molar-refractivity contribution in [2.24, 2.45) is 0 Å². The first-order valence-electron chi connectivity index (χ1n) is 9.71. The van der Waals surface area contributed by atoms with E-state index in [1.807, 2.05) is 6.92 Å². The van der Waals surface area contributed by atoms with E-state index in [1.54, 1.807) is 6.07 Å². The fraction of sp³-hybridized carbons (Fsp3) is 0.500. The van der Waals surface area contributed by atoms with Crippen molar-refractivity contribution in [2.45, 2.75) is 36.6 Å². The number of aromatic amines is 2. The van der Waals surface area contributed by atoms with Gasteiger partial charge in [0, 0.05) is 32.1 Å². The summed E-state index contributed by atoms with van der Waals surface area (Å²) < 4.78 is 33.0. The van der Waals surface area contributed by atoms with Crippen LogP contribution in [0.3, 0.4) is 0 Å². The van der Waals surface area contributed by atoms with Crippen molar-refractivity contribution < 1.29 is 12.9 Å². The van der Waals surface area contributed by atoms with Crippen LogP contribution in [0.25, 0.3) is 11.0 Å². The molecule has 3 aromatic rings. The zero-order chi connectivity index (χ0) is 20.2.